The molecule has 1 aromatic carbocycles. The second kappa shape index (κ2) is 12.5. The van der Waals surface area contributed by atoms with Crippen LogP contribution in [0.5, 0.6) is 0 Å². The molecular formula is C22H29N5O8. The number of carbonyl (C=O) groups excluding carboxylic acids is 4. The molecule has 13 heteroatoms. The van der Waals surface area contributed by atoms with Crippen molar-refractivity contribution < 1.29 is 39.0 Å². The first-order valence-corrected chi connectivity index (χ1v) is 10.9. The van der Waals surface area contributed by atoms with Crippen LogP contribution in [0.1, 0.15) is 31.2 Å². The molecule has 1 aliphatic heterocycles. The van der Waals surface area contributed by atoms with Gasteiger partial charge in [0.25, 0.3) is 0 Å². The molecule has 0 saturated carbocycles. The highest BCUT2D eigenvalue weighted by atomic mass is 16.4. The summed E-state index contributed by atoms with van der Waals surface area (Å²) in [5.41, 5.74) is 11.5. The van der Waals surface area contributed by atoms with E-state index in [2.05, 4.69) is 10.6 Å². The normalized spacial score (nSPS) is 17.6. The molecule has 4 amide bonds. The summed E-state index contributed by atoms with van der Waals surface area (Å²) in [6.07, 6.45) is -0.474. The van der Waals surface area contributed by atoms with E-state index in [4.69, 9.17) is 16.6 Å². The zero-order valence-corrected chi connectivity index (χ0v) is 18.9. The van der Waals surface area contributed by atoms with Crippen molar-refractivity contribution in [3.05, 3.63) is 35.9 Å². The van der Waals surface area contributed by atoms with Crippen LogP contribution < -0.4 is 22.1 Å². The molecule has 0 bridgehead atoms. The summed E-state index contributed by atoms with van der Waals surface area (Å²) in [5, 5.41) is 22.9. The minimum absolute atomic E-state index is 0.0142. The van der Waals surface area contributed by atoms with E-state index in [0.717, 1.165) is 0 Å². The van der Waals surface area contributed by atoms with Crippen LogP contribution in [0.3, 0.4) is 0 Å². The van der Waals surface area contributed by atoms with Gasteiger partial charge in [0.2, 0.25) is 23.6 Å². The van der Waals surface area contributed by atoms with Gasteiger partial charge in [-0.05, 0) is 18.4 Å². The Hall–Kier alpha value is -4.00. The van der Waals surface area contributed by atoms with E-state index in [1.165, 1.54) is 4.90 Å². The highest BCUT2D eigenvalue weighted by Gasteiger charge is 2.38. The molecule has 4 unspecified atom stereocenters. The number of nitrogens with one attached hydrogen (secondary N) is 2. The minimum Gasteiger partial charge on any atom is -0.481 e. The van der Waals surface area contributed by atoms with E-state index >= 15 is 0 Å². The minimum atomic E-state index is -1.70. The summed E-state index contributed by atoms with van der Waals surface area (Å²) in [5.74, 6) is -5.91. The number of nitrogens with zero attached hydrogens (tertiary/aromatic N) is 1. The van der Waals surface area contributed by atoms with E-state index < -0.39 is 66.2 Å². The average Bonchev–Trinajstić information content (AvgIpc) is 3.27. The van der Waals surface area contributed by atoms with Gasteiger partial charge in [-0.1, -0.05) is 30.3 Å². The molecular weight excluding hydrogens is 462 g/mol. The van der Waals surface area contributed by atoms with Gasteiger partial charge in [-0.2, -0.15) is 0 Å². The van der Waals surface area contributed by atoms with Gasteiger partial charge >= 0.3 is 11.9 Å². The van der Waals surface area contributed by atoms with Crippen LogP contribution >= 0.6 is 0 Å². The van der Waals surface area contributed by atoms with Crippen LogP contribution in [-0.2, 0) is 35.2 Å². The fourth-order valence-corrected chi connectivity index (χ4v) is 3.79. The molecule has 1 heterocycles. The second-order valence-corrected chi connectivity index (χ2v) is 8.21. The maximum absolute atomic E-state index is 13.1. The lowest BCUT2D eigenvalue weighted by atomic mass is 10.0. The average molecular weight is 492 g/mol. The molecule has 190 valence electrons. The van der Waals surface area contributed by atoms with Gasteiger partial charge in [0.05, 0.1) is 18.9 Å². The quantitative estimate of drug-likeness (QED) is 0.189. The van der Waals surface area contributed by atoms with Gasteiger partial charge in [0, 0.05) is 13.0 Å². The standard InChI is InChI=1S/C22H29N5O8/c23-13(10-17(24)28)21(33)27-8-4-7-16(27)20(32)25-14(9-12-5-2-1-3-6-12)19(31)26-15(22(34)35)11-18(29)30/h1-3,5-6,13-16H,4,7-11,23H2,(H2,24,28)(H,25,32)(H,26,31)(H,29,30)(H,34,35). The zero-order valence-electron chi connectivity index (χ0n) is 18.9. The maximum atomic E-state index is 13.1. The lowest BCUT2D eigenvalue weighted by Crippen LogP contribution is -2.57. The van der Waals surface area contributed by atoms with Crippen molar-refractivity contribution in [1.29, 1.82) is 0 Å². The van der Waals surface area contributed by atoms with Crippen molar-refractivity contribution in [3.63, 3.8) is 0 Å². The summed E-state index contributed by atoms with van der Waals surface area (Å²) in [4.78, 5) is 73.3. The predicted octanol–water partition coefficient (Wildman–Crippen LogP) is -2.05. The smallest absolute Gasteiger partial charge is 0.326 e. The summed E-state index contributed by atoms with van der Waals surface area (Å²) in [6, 6.07) is 3.46. The Morgan fingerprint density at radius 3 is 2.23 bits per heavy atom. The van der Waals surface area contributed by atoms with E-state index in [9.17, 15) is 33.9 Å². The summed E-state index contributed by atoms with van der Waals surface area (Å²) in [7, 11) is 0. The molecule has 0 aliphatic carbocycles. The first-order valence-electron chi connectivity index (χ1n) is 10.9. The van der Waals surface area contributed by atoms with Crippen LogP contribution in [0.25, 0.3) is 0 Å². The highest BCUT2D eigenvalue weighted by Crippen LogP contribution is 2.19. The topological polar surface area (TPSA) is 222 Å². The summed E-state index contributed by atoms with van der Waals surface area (Å²) >= 11 is 0. The molecule has 13 nitrogen and oxygen atoms in total. The fraction of sp³-hybridized carbons (Fsp3) is 0.455. The largest absolute Gasteiger partial charge is 0.481 e. The molecule has 35 heavy (non-hydrogen) atoms. The summed E-state index contributed by atoms with van der Waals surface area (Å²) < 4.78 is 0. The molecule has 8 N–H and O–H groups in total. The number of amides is 4. The molecule has 1 fully saturated rings. The van der Waals surface area contributed by atoms with Crippen LogP contribution in [-0.4, -0.2) is 81.4 Å². The molecule has 0 radical (unpaired) electrons. The SMILES string of the molecule is NC(=O)CC(N)C(=O)N1CCCC1C(=O)NC(Cc1ccccc1)C(=O)NC(CC(=O)O)C(=O)O. The maximum Gasteiger partial charge on any atom is 0.326 e. The van der Waals surface area contributed by atoms with Gasteiger partial charge in [0.1, 0.15) is 18.1 Å². The van der Waals surface area contributed by atoms with Gasteiger partial charge in [-0.15, -0.1) is 0 Å². The molecule has 1 aliphatic rings. The third kappa shape index (κ3) is 8.07. The first kappa shape index (κ1) is 27.2. The third-order valence-electron chi connectivity index (χ3n) is 5.49. The zero-order chi connectivity index (χ0) is 26.1. The molecule has 1 saturated heterocycles. The molecule has 0 spiro atoms. The summed E-state index contributed by atoms with van der Waals surface area (Å²) in [6.45, 7) is 0.221. The lowest BCUT2D eigenvalue weighted by Gasteiger charge is -2.28. The fourth-order valence-electron chi connectivity index (χ4n) is 3.79. The Balaban J connectivity index is 2.20. The van der Waals surface area contributed by atoms with E-state index in [-0.39, 0.29) is 25.8 Å². The van der Waals surface area contributed by atoms with Crippen molar-refractivity contribution in [2.24, 2.45) is 11.5 Å². The van der Waals surface area contributed by atoms with E-state index in [0.29, 0.717) is 12.0 Å². The monoisotopic (exact) mass is 491 g/mol. The number of hydrogen-bond acceptors (Lipinski definition) is 7. The Morgan fingerprint density at radius 1 is 1.00 bits per heavy atom. The second-order valence-electron chi connectivity index (χ2n) is 8.21. The van der Waals surface area contributed by atoms with Gasteiger partial charge in [-0.3, -0.25) is 24.0 Å². The van der Waals surface area contributed by atoms with Crippen LogP contribution in [0.15, 0.2) is 30.3 Å². The first-order chi connectivity index (χ1) is 16.5. The molecule has 4 atom stereocenters. The number of carboxylic acids is 2. The van der Waals surface area contributed by atoms with Gasteiger partial charge < -0.3 is 37.2 Å². The van der Waals surface area contributed by atoms with Crippen molar-refractivity contribution in [1.82, 2.24) is 15.5 Å². The van der Waals surface area contributed by atoms with Gasteiger partial charge in [-0.25, -0.2) is 4.79 Å². The Bertz CT molecular complexity index is 970. The number of aliphatic carboxylic acids is 2. The Labute approximate surface area is 200 Å². The third-order valence-corrected chi connectivity index (χ3v) is 5.49. The van der Waals surface area contributed by atoms with Crippen molar-refractivity contribution in [3.8, 4) is 0 Å². The molecule has 0 aromatic heterocycles. The number of rotatable bonds is 12. The number of carboxylic acid groups (broad SMARTS) is 2. The molecule has 2 rings (SSSR count). The Morgan fingerprint density at radius 2 is 1.66 bits per heavy atom. The Kier molecular flexibility index (Phi) is 9.70. The number of likely N-dealkylation sites (tertiary alicyclic amines) is 1. The van der Waals surface area contributed by atoms with E-state index in [1.807, 2.05) is 0 Å². The number of benzene rings is 1. The van der Waals surface area contributed by atoms with E-state index in [1.54, 1.807) is 30.3 Å². The lowest BCUT2D eigenvalue weighted by molar-refractivity contribution is -0.147. The van der Waals surface area contributed by atoms with Crippen molar-refractivity contribution in [2.45, 2.75) is 56.3 Å². The van der Waals surface area contributed by atoms with Crippen molar-refractivity contribution >= 4 is 35.6 Å². The molecule has 1 aromatic rings. The van der Waals surface area contributed by atoms with Crippen LogP contribution in [0, 0.1) is 0 Å². The predicted molar refractivity (Wildman–Crippen MR) is 120 cm³/mol. The van der Waals surface area contributed by atoms with Crippen molar-refractivity contribution in [2.75, 3.05) is 6.54 Å². The van der Waals surface area contributed by atoms with Crippen LogP contribution in [0.4, 0.5) is 0 Å². The number of nitrogens with two attached hydrogens (primary N) is 2. The van der Waals surface area contributed by atoms with Crippen LogP contribution in [0.2, 0.25) is 0 Å². The number of primary amides is 1. The number of carbonyl (C=O) groups is 6. The highest BCUT2D eigenvalue weighted by molar-refractivity contribution is 5.95. The van der Waals surface area contributed by atoms with Gasteiger partial charge in [0.15, 0.2) is 0 Å². The number of hydrogen-bond donors (Lipinski definition) is 6.